The van der Waals surface area contributed by atoms with E-state index in [0.29, 0.717) is 11.5 Å². The minimum atomic E-state index is 0.147. The van der Waals surface area contributed by atoms with Gasteiger partial charge in [-0.05, 0) is 26.0 Å². The minimum Gasteiger partial charge on any atom is -0.388 e. The van der Waals surface area contributed by atoms with Crippen molar-refractivity contribution < 1.29 is 0 Å². The molecule has 0 amide bonds. The van der Waals surface area contributed by atoms with E-state index in [9.17, 15) is 0 Å². The highest BCUT2D eigenvalue weighted by Crippen LogP contribution is 2.25. The number of thiophene rings is 1. The van der Waals surface area contributed by atoms with Crippen LogP contribution >= 0.6 is 23.6 Å². The van der Waals surface area contributed by atoms with E-state index in [-0.39, 0.29) is 11.0 Å². The topological polar surface area (TPSA) is 63.8 Å². The SMILES string of the molecule is Cc1ccc(C(C)Nc2nccnc2C(N)=S)s1. The number of aromatic nitrogens is 2. The molecule has 2 heterocycles. The van der Waals surface area contributed by atoms with E-state index < -0.39 is 0 Å². The maximum Gasteiger partial charge on any atom is 0.155 e. The molecule has 1 unspecified atom stereocenters. The number of nitrogens with zero attached hydrogens (tertiary/aromatic N) is 2. The number of hydrogen-bond donors (Lipinski definition) is 2. The second kappa shape index (κ2) is 5.41. The lowest BCUT2D eigenvalue weighted by Crippen LogP contribution is -2.17. The fraction of sp³-hybridized carbons (Fsp3) is 0.250. The summed E-state index contributed by atoms with van der Waals surface area (Å²) < 4.78 is 0. The Balaban J connectivity index is 2.21. The van der Waals surface area contributed by atoms with Gasteiger partial charge in [-0.25, -0.2) is 9.97 Å². The van der Waals surface area contributed by atoms with Crippen molar-refractivity contribution in [2.75, 3.05) is 5.32 Å². The van der Waals surface area contributed by atoms with E-state index in [1.165, 1.54) is 9.75 Å². The van der Waals surface area contributed by atoms with Gasteiger partial charge in [0.1, 0.15) is 10.7 Å². The number of nitrogens with one attached hydrogen (secondary N) is 1. The molecule has 3 N–H and O–H groups in total. The zero-order chi connectivity index (χ0) is 13.1. The van der Waals surface area contributed by atoms with Gasteiger partial charge in [-0.2, -0.15) is 0 Å². The molecule has 2 rings (SSSR count). The lowest BCUT2D eigenvalue weighted by molar-refractivity contribution is 0.891. The van der Waals surface area contributed by atoms with Gasteiger partial charge in [-0.1, -0.05) is 12.2 Å². The number of anilines is 1. The highest BCUT2D eigenvalue weighted by Gasteiger charge is 2.13. The van der Waals surface area contributed by atoms with Crippen molar-refractivity contribution in [2.45, 2.75) is 19.9 Å². The quantitative estimate of drug-likeness (QED) is 0.842. The predicted molar refractivity (Wildman–Crippen MR) is 79.0 cm³/mol. The van der Waals surface area contributed by atoms with Crippen molar-refractivity contribution in [1.82, 2.24) is 9.97 Å². The van der Waals surface area contributed by atoms with Crippen LogP contribution in [-0.2, 0) is 0 Å². The average molecular weight is 278 g/mol. The van der Waals surface area contributed by atoms with Crippen LogP contribution < -0.4 is 11.1 Å². The first kappa shape index (κ1) is 12.9. The summed E-state index contributed by atoms with van der Waals surface area (Å²) in [5.74, 6) is 0.628. The summed E-state index contributed by atoms with van der Waals surface area (Å²) >= 11 is 6.72. The molecule has 1 atom stereocenters. The molecule has 0 saturated heterocycles. The van der Waals surface area contributed by atoms with E-state index >= 15 is 0 Å². The monoisotopic (exact) mass is 278 g/mol. The standard InChI is InChI=1S/C12H14N4S2/c1-7-3-4-9(18-7)8(2)16-12-10(11(13)17)14-5-6-15-12/h3-6,8H,1-2H3,(H2,13,17)(H,15,16). The third kappa shape index (κ3) is 2.83. The first-order chi connectivity index (χ1) is 8.58. The summed E-state index contributed by atoms with van der Waals surface area (Å²) in [5.41, 5.74) is 6.16. The lowest BCUT2D eigenvalue weighted by atomic mass is 10.2. The largest absolute Gasteiger partial charge is 0.388 e. The normalized spacial score (nSPS) is 12.1. The maximum absolute atomic E-state index is 5.62. The summed E-state index contributed by atoms with van der Waals surface area (Å²) in [6, 6.07) is 4.35. The molecule has 0 spiro atoms. The molecule has 94 valence electrons. The van der Waals surface area contributed by atoms with Gasteiger partial charge in [0.2, 0.25) is 0 Å². The molecule has 2 aromatic heterocycles. The molecule has 6 heteroatoms. The third-order valence-electron chi connectivity index (χ3n) is 2.47. The van der Waals surface area contributed by atoms with Gasteiger partial charge in [-0.15, -0.1) is 11.3 Å². The van der Waals surface area contributed by atoms with Crippen LogP contribution in [0.2, 0.25) is 0 Å². The molecular weight excluding hydrogens is 264 g/mol. The summed E-state index contributed by atoms with van der Waals surface area (Å²) in [4.78, 5) is 11.2. The van der Waals surface area contributed by atoms with Gasteiger partial charge in [0.25, 0.3) is 0 Å². The van der Waals surface area contributed by atoms with Crippen molar-refractivity contribution in [2.24, 2.45) is 5.73 Å². The summed E-state index contributed by atoms with van der Waals surface area (Å²) in [7, 11) is 0. The Bertz CT molecular complexity index is 565. The first-order valence-electron chi connectivity index (χ1n) is 5.51. The molecule has 2 aromatic rings. The van der Waals surface area contributed by atoms with Gasteiger partial charge in [0.05, 0.1) is 6.04 Å². The number of thiocarbonyl (C=S) groups is 1. The van der Waals surface area contributed by atoms with E-state index in [4.69, 9.17) is 18.0 Å². The van der Waals surface area contributed by atoms with Gasteiger partial charge < -0.3 is 11.1 Å². The van der Waals surface area contributed by atoms with Crippen LogP contribution in [0, 0.1) is 6.92 Å². The smallest absolute Gasteiger partial charge is 0.155 e. The average Bonchev–Trinajstić information content (AvgIpc) is 2.76. The molecular formula is C12H14N4S2. The molecule has 0 bridgehead atoms. The molecule has 0 aliphatic heterocycles. The maximum atomic E-state index is 5.62. The van der Waals surface area contributed by atoms with Crippen LogP contribution in [0.5, 0.6) is 0 Å². The van der Waals surface area contributed by atoms with Crippen LogP contribution in [0.25, 0.3) is 0 Å². The number of hydrogen-bond acceptors (Lipinski definition) is 5. The fourth-order valence-corrected chi connectivity index (χ4v) is 2.62. The molecule has 0 aliphatic rings. The second-order valence-electron chi connectivity index (χ2n) is 3.93. The minimum absolute atomic E-state index is 0.147. The van der Waals surface area contributed by atoms with Crippen molar-refractivity contribution in [3.63, 3.8) is 0 Å². The highest BCUT2D eigenvalue weighted by atomic mass is 32.1. The summed E-state index contributed by atoms with van der Waals surface area (Å²) in [6.45, 7) is 4.16. The van der Waals surface area contributed by atoms with E-state index in [2.05, 4.69) is 41.3 Å². The van der Waals surface area contributed by atoms with Crippen LogP contribution in [0.1, 0.15) is 28.4 Å². The van der Waals surface area contributed by atoms with Crippen LogP contribution in [0.3, 0.4) is 0 Å². The van der Waals surface area contributed by atoms with Crippen LogP contribution in [0.4, 0.5) is 5.82 Å². The Morgan fingerprint density at radius 2 is 2.11 bits per heavy atom. The molecule has 18 heavy (non-hydrogen) atoms. The molecule has 0 saturated carbocycles. The lowest BCUT2D eigenvalue weighted by Gasteiger charge is -2.14. The fourth-order valence-electron chi connectivity index (χ4n) is 1.59. The van der Waals surface area contributed by atoms with Gasteiger partial charge in [-0.3, -0.25) is 0 Å². The van der Waals surface area contributed by atoms with E-state index in [1.54, 1.807) is 23.7 Å². The number of nitrogens with two attached hydrogens (primary N) is 1. The molecule has 0 fully saturated rings. The summed E-state index contributed by atoms with van der Waals surface area (Å²) in [5, 5.41) is 3.29. The van der Waals surface area contributed by atoms with Gasteiger partial charge in [0, 0.05) is 22.1 Å². The Hall–Kier alpha value is -1.53. The van der Waals surface area contributed by atoms with Gasteiger partial charge in [0.15, 0.2) is 5.82 Å². The third-order valence-corrected chi connectivity index (χ3v) is 3.85. The predicted octanol–water partition coefficient (Wildman–Crippen LogP) is 2.65. The molecule has 0 aromatic carbocycles. The van der Waals surface area contributed by atoms with Crippen molar-refractivity contribution in [3.05, 3.63) is 40.0 Å². The Kier molecular flexibility index (Phi) is 3.88. The number of aryl methyl sites for hydroxylation is 1. The first-order valence-corrected chi connectivity index (χ1v) is 6.74. The zero-order valence-corrected chi connectivity index (χ0v) is 11.8. The van der Waals surface area contributed by atoms with Gasteiger partial charge >= 0.3 is 0 Å². The van der Waals surface area contributed by atoms with Crippen molar-refractivity contribution in [1.29, 1.82) is 0 Å². The zero-order valence-electron chi connectivity index (χ0n) is 10.2. The van der Waals surface area contributed by atoms with Crippen LogP contribution in [-0.4, -0.2) is 15.0 Å². The summed E-state index contributed by atoms with van der Waals surface area (Å²) in [6.07, 6.45) is 3.20. The molecule has 0 radical (unpaired) electrons. The highest BCUT2D eigenvalue weighted by molar-refractivity contribution is 7.80. The van der Waals surface area contributed by atoms with Crippen LogP contribution in [0.15, 0.2) is 24.5 Å². The van der Waals surface area contributed by atoms with Crippen molar-refractivity contribution >= 4 is 34.4 Å². The van der Waals surface area contributed by atoms with E-state index in [0.717, 1.165) is 0 Å². The Morgan fingerprint density at radius 3 is 2.72 bits per heavy atom. The second-order valence-corrected chi connectivity index (χ2v) is 5.69. The molecule has 4 nitrogen and oxygen atoms in total. The van der Waals surface area contributed by atoms with E-state index in [1.807, 2.05) is 0 Å². The number of rotatable bonds is 4. The Morgan fingerprint density at radius 1 is 1.39 bits per heavy atom. The van der Waals surface area contributed by atoms with Crippen molar-refractivity contribution in [3.8, 4) is 0 Å². The molecule has 0 aliphatic carbocycles. The Labute approximate surface area is 115 Å².